The number of carbonyl (C=O) groups excluding carboxylic acids is 2. The van der Waals surface area contributed by atoms with Crippen molar-refractivity contribution in [3.8, 4) is 5.75 Å². The molecular formula is C22H17F2N3O3. The van der Waals surface area contributed by atoms with Crippen molar-refractivity contribution in [3.05, 3.63) is 82.9 Å². The Bertz CT molecular complexity index is 1140. The molecular weight excluding hydrogens is 392 g/mol. The van der Waals surface area contributed by atoms with E-state index in [4.69, 9.17) is 4.74 Å². The third-order valence-electron chi connectivity index (χ3n) is 5.57. The zero-order valence-electron chi connectivity index (χ0n) is 15.8. The monoisotopic (exact) mass is 409 g/mol. The SMILES string of the molecule is O=C1c2ccccc2C(=O)N1CCc1cncn1C1COc2c(F)cc(F)cc2C1. The lowest BCUT2D eigenvalue weighted by atomic mass is 10.0. The van der Waals surface area contributed by atoms with Crippen molar-refractivity contribution in [2.24, 2.45) is 0 Å². The van der Waals surface area contributed by atoms with Crippen molar-refractivity contribution in [3.63, 3.8) is 0 Å². The molecule has 152 valence electrons. The zero-order valence-corrected chi connectivity index (χ0v) is 15.8. The number of imidazole rings is 1. The molecule has 0 N–H and O–H groups in total. The van der Waals surface area contributed by atoms with Gasteiger partial charge in [0.2, 0.25) is 0 Å². The van der Waals surface area contributed by atoms with Crippen molar-refractivity contribution in [2.45, 2.75) is 18.9 Å². The van der Waals surface area contributed by atoms with Crippen LogP contribution in [0.5, 0.6) is 5.75 Å². The molecule has 1 atom stereocenters. The number of halogens is 2. The van der Waals surface area contributed by atoms with E-state index in [0.717, 1.165) is 11.8 Å². The quantitative estimate of drug-likeness (QED) is 0.621. The number of carbonyl (C=O) groups is 2. The van der Waals surface area contributed by atoms with Crippen LogP contribution < -0.4 is 4.74 Å². The number of hydrogen-bond acceptors (Lipinski definition) is 4. The highest BCUT2D eigenvalue weighted by atomic mass is 19.1. The molecule has 2 aliphatic heterocycles. The van der Waals surface area contributed by atoms with E-state index >= 15 is 0 Å². The van der Waals surface area contributed by atoms with E-state index in [9.17, 15) is 18.4 Å². The van der Waals surface area contributed by atoms with Gasteiger partial charge < -0.3 is 9.30 Å². The Morgan fingerprint density at radius 2 is 1.83 bits per heavy atom. The Labute approximate surface area is 170 Å². The second-order valence-corrected chi connectivity index (χ2v) is 7.39. The predicted octanol–water partition coefficient (Wildman–Crippen LogP) is 3.18. The minimum absolute atomic E-state index is 0.0836. The molecule has 30 heavy (non-hydrogen) atoms. The van der Waals surface area contributed by atoms with Gasteiger partial charge in [-0.2, -0.15) is 0 Å². The van der Waals surface area contributed by atoms with E-state index in [1.165, 1.54) is 11.0 Å². The molecule has 3 heterocycles. The molecule has 0 radical (unpaired) electrons. The van der Waals surface area contributed by atoms with Crippen molar-refractivity contribution >= 4 is 11.8 Å². The third kappa shape index (κ3) is 2.96. The van der Waals surface area contributed by atoms with Crippen LogP contribution in [0.15, 0.2) is 48.9 Å². The molecule has 2 aromatic carbocycles. The zero-order chi connectivity index (χ0) is 20.8. The molecule has 0 aliphatic carbocycles. The standard InChI is InChI=1S/C22H17F2N3O3/c23-14-7-13-8-16(11-30-20(13)19(24)9-14)27-12-25-10-15(27)5-6-26-21(28)17-3-1-2-4-18(17)22(26)29/h1-4,7,9-10,12,16H,5-6,8,11H2. The number of aromatic nitrogens is 2. The largest absolute Gasteiger partial charge is 0.488 e. The van der Waals surface area contributed by atoms with Gasteiger partial charge in [-0.25, -0.2) is 13.8 Å². The average Bonchev–Trinajstić information content (AvgIpc) is 3.30. The van der Waals surface area contributed by atoms with E-state index in [1.54, 1.807) is 36.8 Å². The Kier molecular flexibility index (Phi) is 4.34. The summed E-state index contributed by atoms with van der Waals surface area (Å²) in [6.07, 6.45) is 4.10. The van der Waals surface area contributed by atoms with Crippen molar-refractivity contribution in [1.82, 2.24) is 14.5 Å². The van der Waals surface area contributed by atoms with Gasteiger partial charge in [0.05, 0.1) is 23.5 Å². The van der Waals surface area contributed by atoms with Crippen molar-refractivity contribution in [1.29, 1.82) is 0 Å². The summed E-state index contributed by atoms with van der Waals surface area (Å²) in [6, 6.07) is 8.65. The van der Waals surface area contributed by atoms with Gasteiger partial charge in [-0.05, 0) is 18.2 Å². The first-order valence-corrected chi connectivity index (χ1v) is 9.59. The van der Waals surface area contributed by atoms with E-state index < -0.39 is 11.6 Å². The van der Waals surface area contributed by atoms with Crippen LogP contribution in [0, 0.1) is 11.6 Å². The molecule has 2 aliphatic rings. The maximum absolute atomic E-state index is 13.9. The van der Waals surface area contributed by atoms with Crippen molar-refractivity contribution < 1.29 is 23.1 Å². The first-order valence-electron chi connectivity index (χ1n) is 9.59. The van der Waals surface area contributed by atoms with E-state index in [2.05, 4.69) is 4.98 Å². The molecule has 2 amide bonds. The van der Waals surface area contributed by atoms with Gasteiger partial charge in [-0.3, -0.25) is 14.5 Å². The van der Waals surface area contributed by atoms with Crippen LogP contribution in [0.1, 0.15) is 38.0 Å². The normalized spacial score (nSPS) is 17.7. The number of rotatable bonds is 4. The number of hydrogen-bond donors (Lipinski definition) is 0. The van der Waals surface area contributed by atoms with Crippen LogP contribution in [-0.4, -0.2) is 39.4 Å². The summed E-state index contributed by atoms with van der Waals surface area (Å²) in [4.78, 5) is 30.5. The van der Waals surface area contributed by atoms with Crippen LogP contribution >= 0.6 is 0 Å². The first-order chi connectivity index (χ1) is 14.5. The Morgan fingerprint density at radius 3 is 2.57 bits per heavy atom. The number of amides is 2. The van der Waals surface area contributed by atoms with Crippen LogP contribution in [0.2, 0.25) is 0 Å². The maximum atomic E-state index is 13.9. The minimum Gasteiger partial charge on any atom is -0.488 e. The maximum Gasteiger partial charge on any atom is 0.261 e. The highest BCUT2D eigenvalue weighted by Crippen LogP contribution is 2.33. The Hall–Kier alpha value is -3.55. The molecule has 3 aromatic rings. The number of benzene rings is 2. The summed E-state index contributed by atoms with van der Waals surface area (Å²) in [6.45, 7) is 0.428. The van der Waals surface area contributed by atoms with Gasteiger partial charge in [0.1, 0.15) is 12.4 Å². The molecule has 0 saturated carbocycles. The van der Waals surface area contributed by atoms with Crippen LogP contribution in [0.3, 0.4) is 0 Å². The number of ether oxygens (including phenoxy) is 1. The molecule has 0 fully saturated rings. The lowest BCUT2D eigenvalue weighted by Gasteiger charge is -2.28. The number of fused-ring (bicyclic) bond motifs is 2. The molecule has 5 rings (SSSR count). The third-order valence-corrected chi connectivity index (χ3v) is 5.57. The summed E-state index contributed by atoms with van der Waals surface area (Å²) in [7, 11) is 0. The van der Waals surface area contributed by atoms with Gasteiger partial charge >= 0.3 is 0 Å². The fraction of sp³-hybridized carbons (Fsp3) is 0.227. The van der Waals surface area contributed by atoms with Crippen LogP contribution in [0.4, 0.5) is 8.78 Å². The van der Waals surface area contributed by atoms with Crippen LogP contribution in [0.25, 0.3) is 0 Å². The summed E-state index contributed by atoms with van der Waals surface area (Å²) >= 11 is 0. The molecule has 1 aromatic heterocycles. The predicted molar refractivity (Wildman–Crippen MR) is 102 cm³/mol. The molecule has 0 saturated heterocycles. The molecule has 6 nitrogen and oxygen atoms in total. The smallest absolute Gasteiger partial charge is 0.261 e. The minimum atomic E-state index is -0.708. The van der Waals surface area contributed by atoms with Gasteiger partial charge in [-0.15, -0.1) is 0 Å². The second-order valence-electron chi connectivity index (χ2n) is 7.39. The van der Waals surface area contributed by atoms with E-state index in [0.29, 0.717) is 29.5 Å². The first kappa shape index (κ1) is 18.5. The van der Waals surface area contributed by atoms with Gasteiger partial charge in [0.25, 0.3) is 11.8 Å². The lowest BCUT2D eigenvalue weighted by molar-refractivity contribution is 0.0655. The van der Waals surface area contributed by atoms with Gasteiger partial charge in [0.15, 0.2) is 11.6 Å². The topological polar surface area (TPSA) is 64.4 Å². The summed E-state index contributed by atoms with van der Waals surface area (Å²) < 4.78 is 34.9. The fourth-order valence-electron chi connectivity index (χ4n) is 4.12. The lowest BCUT2D eigenvalue weighted by Crippen LogP contribution is -2.33. The molecule has 0 spiro atoms. The highest BCUT2D eigenvalue weighted by Gasteiger charge is 2.35. The summed E-state index contributed by atoms with van der Waals surface area (Å²) in [5.41, 5.74) is 2.10. The van der Waals surface area contributed by atoms with Crippen molar-refractivity contribution in [2.75, 3.05) is 13.2 Å². The van der Waals surface area contributed by atoms with Crippen LogP contribution in [-0.2, 0) is 12.8 Å². The molecule has 8 heteroatoms. The molecule has 1 unspecified atom stereocenters. The summed E-state index contributed by atoms with van der Waals surface area (Å²) in [5.74, 6) is -1.88. The van der Waals surface area contributed by atoms with Gasteiger partial charge in [-0.1, -0.05) is 12.1 Å². The van der Waals surface area contributed by atoms with E-state index in [1.807, 2.05) is 4.57 Å². The van der Waals surface area contributed by atoms with Gasteiger partial charge in [0, 0.05) is 42.9 Å². The highest BCUT2D eigenvalue weighted by molar-refractivity contribution is 6.21. The number of imide groups is 1. The second kappa shape index (κ2) is 7.05. The Morgan fingerprint density at radius 1 is 1.10 bits per heavy atom. The Balaban J connectivity index is 1.33. The number of nitrogens with zero attached hydrogens (tertiary/aromatic N) is 3. The summed E-state index contributed by atoms with van der Waals surface area (Å²) in [5, 5.41) is 0. The fourth-order valence-corrected chi connectivity index (χ4v) is 4.12. The average molecular weight is 409 g/mol. The van der Waals surface area contributed by atoms with E-state index in [-0.39, 0.29) is 36.8 Å². The molecule has 0 bridgehead atoms.